The van der Waals surface area contributed by atoms with E-state index >= 15 is 0 Å². The standard InChI is InChI=1S/C14H12Cl2N2O2/c15-11-5-6-12(16)13(7-11)20-8-9-1-3-10(4-2-9)14(19)18-17/h1-7H,8,17H2,(H,18,19). The number of ether oxygens (including phenoxy) is 1. The molecule has 0 aromatic heterocycles. The molecule has 0 aliphatic rings. The van der Waals surface area contributed by atoms with E-state index in [2.05, 4.69) is 5.43 Å². The van der Waals surface area contributed by atoms with Crippen molar-refractivity contribution in [2.45, 2.75) is 6.61 Å². The zero-order chi connectivity index (χ0) is 14.5. The molecule has 20 heavy (non-hydrogen) atoms. The van der Waals surface area contributed by atoms with E-state index in [1.54, 1.807) is 42.5 Å². The van der Waals surface area contributed by atoms with Crippen LogP contribution < -0.4 is 16.0 Å². The van der Waals surface area contributed by atoms with Gasteiger partial charge in [-0.05, 0) is 29.8 Å². The number of carbonyl (C=O) groups excluding carboxylic acids is 1. The topological polar surface area (TPSA) is 64.3 Å². The molecule has 1 amide bonds. The molecule has 2 aromatic carbocycles. The lowest BCUT2D eigenvalue weighted by atomic mass is 10.1. The minimum atomic E-state index is -0.338. The summed E-state index contributed by atoms with van der Waals surface area (Å²) in [5.41, 5.74) is 3.45. The molecule has 0 unspecified atom stereocenters. The Hall–Kier alpha value is -1.75. The molecule has 3 N–H and O–H groups in total. The number of amides is 1. The fourth-order valence-corrected chi connectivity index (χ4v) is 1.92. The van der Waals surface area contributed by atoms with Crippen LogP contribution in [0.1, 0.15) is 15.9 Å². The van der Waals surface area contributed by atoms with Crippen molar-refractivity contribution in [1.82, 2.24) is 5.43 Å². The van der Waals surface area contributed by atoms with Gasteiger partial charge in [0.15, 0.2) is 0 Å². The van der Waals surface area contributed by atoms with Crippen molar-refractivity contribution >= 4 is 29.1 Å². The first kappa shape index (κ1) is 14.7. The molecular formula is C14H12Cl2N2O2. The van der Waals surface area contributed by atoms with E-state index in [1.807, 2.05) is 0 Å². The van der Waals surface area contributed by atoms with Crippen molar-refractivity contribution in [1.29, 1.82) is 0 Å². The number of halogens is 2. The second-order valence-corrected chi connectivity index (χ2v) is 4.88. The predicted molar refractivity (Wildman–Crippen MR) is 78.9 cm³/mol. The molecule has 0 saturated heterocycles. The van der Waals surface area contributed by atoms with E-state index in [1.165, 1.54) is 0 Å². The summed E-state index contributed by atoms with van der Waals surface area (Å²) in [4.78, 5) is 11.3. The van der Waals surface area contributed by atoms with E-state index in [-0.39, 0.29) is 5.91 Å². The number of nitrogen functional groups attached to an aromatic ring is 1. The molecule has 104 valence electrons. The quantitative estimate of drug-likeness (QED) is 0.518. The monoisotopic (exact) mass is 310 g/mol. The summed E-state index contributed by atoms with van der Waals surface area (Å²) in [5.74, 6) is 5.24. The van der Waals surface area contributed by atoms with Gasteiger partial charge in [-0.25, -0.2) is 5.84 Å². The van der Waals surface area contributed by atoms with Crippen LogP contribution >= 0.6 is 23.2 Å². The van der Waals surface area contributed by atoms with Gasteiger partial charge >= 0.3 is 0 Å². The zero-order valence-electron chi connectivity index (χ0n) is 10.4. The smallest absolute Gasteiger partial charge is 0.265 e. The summed E-state index contributed by atoms with van der Waals surface area (Å²) in [7, 11) is 0. The Balaban J connectivity index is 2.04. The summed E-state index contributed by atoms with van der Waals surface area (Å²) in [6.45, 7) is 0.324. The summed E-state index contributed by atoms with van der Waals surface area (Å²) in [6, 6.07) is 11.9. The van der Waals surface area contributed by atoms with Gasteiger partial charge in [0.05, 0.1) is 5.02 Å². The van der Waals surface area contributed by atoms with E-state index in [0.717, 1.165) is 5.56 Å². The van der Waals surface area contributed by atoms with Crippen LogP contribution in [0.2, 0.25) is 10.0 Å². The fraction of sp³-hybridized carbons (Fsp3) is 0.0714. The van der Waals surface area contributed by atoms with E-state index in [9.17, 15) is 4.79 Å². The first-order valence-corrected chi connectivity index (χ1v) is 6.53. The second-order valence-electron chi connectivity index (χ2n) is 4.03. The van der Waals surface area contributed by atoms with E-state index in [0.29, 0.717) is 28.0 Å². The largest absolute Gasteiger partial charge is 0.487 e. The van der Waals surface area contributed by atoms with Crippen LogP contribution in [0.25, 0.3) is 0 Å². The van der Waals surface area contributed by atoms with Crippen molar-refractivity contribution in [3.8, 4) is 5.75 Å². The molecule has 2 aromatic rings. The number of hydrogen-bond donors (Lipinski definition) is 2. The molecule has 0 aliphatic carbocycles. The zero-order valence-corrected chi connectivity index (χ0v) is 11.9. The number of benzene rings is 2. The van der Waals surface area contributed by atoms with Gasteiger partial charge in [-0.15, -0.1) is 0 Å². The molecule has 2 rings (SSSR count). The molecule has 4 nitrogen and oxygen atoms in total. The van der Waals surface area contributed by atoms with E-state index < -0.39 is 0 Å². The highest BCUT2D eigenvalue weighted by atomic mass is 35.5. The SMILES string of the molecule is NNC(=O)c1ccc(COc2cc(Cl)ccc2Cl)cc1. The van der Waals surface area contributed by atoms with Gasteiger partial charge in [-0.2, -0.15) is 0 Å². The number of nitrogens with one attached hydrogen (secondary N) is 1. The van der Waals surface area contributed by atoms with Gasteiger partial charge in [-0.3, -0.25) is 10.2 Å². The van der Waals surface area contributed by atoms with Crippen LogP contribution in [0, 0.1) is 0 Å². The maximum absolute atomic E-state index is 11.3. The Morgan fingerprint density at radius 1 is 1.15 bits per heavy atom. The third-order valence-corrected chi connectivity index (χ3v) is 3.18. The Kier molecular flexibility index (Phi) is 4.84. The van der Waals surface area contributed by atoms with Crippen LogP contribution in [0.5, 0.6) is 5.75 Å². The highest BCUT2D eigenvalue weighted by molar-refractivity contribution is 6.34. The molecule has 0 fully saturated rings. The number of carbonyl (C=O) groups is 1. The van der Waals surface area contributed by atoms with Crippen LogP contribution in [-0.4, -0.2) is 5.91 Å². The van der Waals surface area contributed by atoms with Gasteiger partial charge in [0, 0.05) is 16.7 Å². The van der Waals surface area contributed by atoms with Crippen molar-refractivity contribution < 1.29 is 9.53 Å². The van der Waals surface area contributed by atoms with Crippen LogP contribution in [0.15, 0.2) is 42.5 Å². The van der Waals surface area contributed by atoms with E-state index in [4.69, 9.17) is 33.8 Å². The van der Waals surface area contributed by atoms with Gasteiger partial charge in [0.25, 0.3) is 5.91 Å². The Morgan fingerprint density at radius 2 is 1.85 bits per heavy atom. The molecule has 0 radical (unpaired) electrons. The molecule has 0 spiro atoms. The minimum absolute atomic E-state index is 0.324. The summed E-state index contributed by atoms with van der Waals surface area (Å²) in [6.07, 6.45) is 0. The van der Waals surface area contributed by atoms with Crippen molar-refractivity contribution in [2.75, 3.05) is 0 Å². The van der Waals surface area contributed by atoms with Crippen LogP contribution in [-0.2, 0) is 6.61 Å². The average molecular weight is 311 g/mol. The maximum Gasteiger partial charge on any atom is 0.265 e. The fourth-order valence-electron chi connectivity index (χ4n) is 1.58. The minimum Gasteiger partial charge on any atom is -0.487 e. The van der Waals surface area contributed by atoms with Gasteiger partial charge < -0.3 is 4.74 Å². The molecule has 0 aliphatic heterocycles. The second kappa shape index (κ2) is 6.61. The Labute approximate surface area is 126 Å². The third kappa shape index (κ3) is 3.63. The first-order valence-electron chi connectivity index (χ1n) is 5.78. The third-order valence-electron chi connectivity index (χ3n) is 2.63. The predicted octanol–water partition coefficient (Wildman–Crippen LogP) is 3.18. The molecule has 0 atom stereocenters. The normalized spacial score (nSPS) is 10.2. The lowest BCUT2D eigenvalue weighted by Crippen LogP contribution is -2.29. The van der Waals surface area contributed by atoms with Gasteiger partial charge in [0.2, 0.25) is 0 Å². The summed E-state index contributed by atoms with van der Waals surface area (Å²) < 4.78 is 5.59. The summed E-state index contributed by atoms with van der Waals surface area (Å²) >= 11 is 11.9. The number of nitrogens with two attached hydrogens (primary N) is 1. The summed E-state index contributed by atoms with van der Waals surface area (Å²) in [5, 5.41) is 1.05. The Bertz CT molecular complexity index is 615. The molecule has 0 saturated carbocycles. The van der Waals surface area contributed by atoms with Crippen LogP contribution in [0.4, 0.5) is 0 Å². The lowest BCUT2D eigenvalue weighted by molar-refractivity contribution is 0.0953. The lowest BCUT2D eigenvalue weighted by Gasteiger charge is -2.09. The molecule has 6 heteroatoms. The Morgan fingerprint density at radius 3 is 2.50 bits per heavy atom. The molecule has 0 heterocycles. The van der Waals surface area contributed by atoms with Crippen LogP contribution in [0.3, 0.4) is 0 Å². The maximum atomic E-state index is 11.3. The van der Waals surface area contributed by atoms with Gasteiger partial charge in [-0.1, -0.05) is 35.3 Å². The number of hydrogen-bond acceptors (Lipinski definition) is 3. The number of hydrazine groups is 1. The molecule has 0 bridgehead atoms. The van der Waals surface area contributed by atoms with Crippen molar-refractivity contribution in [2.24, 2.45) is 5.84 Å². The highest BCUT2D eigenvalue weighted by Gasteiger charge is 2.05. The first-order chi connectivity index (χ1) is 9.60. The highest BCUT2D eigenvalue weighted by Crippen LogP contribution is 2.28. The average Bonchev–Trinajstić information content (AvgIpc) is 2.48. The van der Waals surface area contributed by atoms with Gasteiger partial charge in [0.1, 0.15) is 12.4 Å². The number of rotatable bonds is 4. The van der Waals surface area contributed by atoms with Crippen molar-refractivity contribution in [3.05, 3.63) is 63.6 Å². The molecular weight excluding hydrogens is 299 g/mol. The van der Waals surface area contributed by atoms with Crippen molar-refractivity contribution in [3.63, 3.8) is 0 Å².